The molecule has 0 spiro atoms. The second-order valence-corrected chi connectivity index (χ2v) is 1.51. The Morgan fingerprint density at radius 2 is 2.33 bits per heavy atom. The van der Waals surface area contributed by atoms with Crippen molar-refractivity contribution in [1.29, 1.82) is 0 Å². The van der Waals surface area contributed by atoms with E-state index in [0.29, 0.717) is 12.3 Å². The first-order chi connectivity index (χ1) is 2.77. The van der Waals surface area contributed by atoms with Crippen LogP contribution in [-0.4, -0.2) is 17.1 Å². The molecule has 0 rings (SSSR count). The lowest BCUT2D eigenvalue weighted by molar-refractivity contribution is 0.217. The Labute approximate surface area is 42.9 Å². The maximum absolute atomic E-state index is 8.36. The smallest absolute Gasteiger partial charge is 0.0552 e. The van der Waals surface area contributed by atoms with E-state index in [1.807, 2.05) is 0 Å². The normalized spacial score (nSPS) is 14.5. The van der Waals surface area contributed by atoms with E-state index < -0.39 is 6.10 Å². The molecular weight excluding hydrogens is 99.5 g/mol. The van der Waals surface area contributed by atoms with Crippen molar-refractivity contribution in [2.75, 3.05) is 5.88 Å². The fourth-order valence-corrected chi connectivity index (χ4v) is 0.378. The third-order valence-electron chi connectivity index (χ3n) is 0.442. The van der Waals surface area contributed by atoms with Gasteiger partial charge in [-0.05, 0) is 13.3 Å². The minimum atomic E-state index is -0.484. The summed E-state index contributed by atoms with van der Waals surface area (Å²) in [5, 5.41) is 8.36. The second-order valence-electron chi connectivity index (χ2n) is 1.13. The molecule has 0 fully saturated rings. The summed E-state index contributed by atoms with van der Waals surface area (Å²) < 4.78 is 0. The Balaban J connectivity index is 2.63. The molecule has 0 aromatic rings. The molecule has 1 radical (unpaired) electrons. The van der Waals surface area contributed by atoms with Gasteiger partial charge in [0.2, 0.25) is 0 Å². The molecule has 1 atom stereocenters. The van der Waals surface area contributed by atoms with Crippen LogP contribution in [0.1, 0.15) is 6.42 Å². The molecule has 0 saturated heterocycles. The highest BCUT2D eigenvalue weighted by Gasteiger charge is 1.88. The maximum atomic E-state index is 8.36. The molecule has 0 aliphatic heterocycles. The van der Waals surface area contributed by atoms with E-state index in [1.54, 1.807) is 0 Å². The van der Waals surface area contributed by atoms with Gasteiger partial charge in [-0.1, -0.05) is 0 Å². The van der Waals surface area contributed by atoms with Gasteiger partial charge in [0.05, 0.1) is 6.10 Å². The van der Waals surface area contributed by atoms with Gasteiger partial charge in [0.15, 0.2) is 0 Å². The van der Waals surface area contributed by atoms with Gasteiger partial charge in [0, 0.05) is 5.88 Å². The summed E-state index contributed by atoms with van der Waals surface area (Å²) >= 11 is 5.20. The van der Waals surface area contributed by atoms with Crippen LogP contribution in [0.15, 0.2) is 0 Å². The second kappa shape index (κ2) is 3.44. The summed E-state index contributed by atoms with van der Waals surface area (Å²) in [7, 11) is 0. The van der Waals surface area contributed by atoms with Crippen LogP contribution in [-0.2, 0) is 0 Å². The molecular formula is C4H8ClO. The largest absolute Gasteiger partial charge is 0.393 e. The van der Waals surface area contributed by atoms with Crippen LogP contribution in [0.25, 0.3) is 0 Å². The predicted octanol–water partition coefficient (Wildman–Crippen LogP) is 0.810. The Morgan fingerprint density at radius 1 is 1.83 bits per heavy atom. The monoisotopic (exact) mass is 107 g/mol. The highest BCUT2D eigenvalue weighted by Crippen LogP contribution is 1.88. The first-order valence-electron chi connectivity index (χ1n) is 1.84. The minimum Gasteiger partial charge on any atom is -0.393 e. The van der Waals surface area contributed by atoms with Crippen LogP contribution >= 0.6 is 11.6 Å². The number of halogens is 1. The third-order valence-corrected chi connectivity index (χ3v) is 0.661. The average Bonchev–Trinajstić information content (AvgIpc) is 1.35. The zero-order valence-electron chi connectivity index (χ0n) is 3.52. The SMILES string of the molecule is [CH2]C(O)CCCl. The van der Waals surface area contributed by atoms with Gasteiger partial charge in [-0.3, -0.25) is 0 Å². The third kappa shape index (κ3) is 4.25. The molecule has 37 valence electrons. The van der Waals surface area contributed by atoms with E-state index in [9.17, 15) is 0 Å². The number of hydrogen-bond donors (Lipinski definition) is 1. The number of hydrogen-bond acceptors (Lipinski definition) is 1. The van der Waals surface area contributed by atoms with E-state index >= 15 is 0 Å². The lowest BCUT2D eigenvalue weighted by Crippen LogP contribution is -1.98. The standard InChI is InChI=1S/C4H8ClO/c1-4(6)2-3-5/h4,6H,1-3H2. The molecule has 0 saturated carbocycles. The summed E-state index contributed by atoms with van der Waals surface area (Å²) in [5.74, 6) is 0.491. The van der Waals surface area contributed by atoms with Gasteiger partial charge in [-0.25, -0.2) is 0 Å². The van der Waals surface area contributed by atoms with Crippen molar-refractivity contribution < 1.29 is 5.11 Å². The minimum absolute atomic E-state index is 0.484. The van der Waals surface area contributed by atoms with Gasteiger partial charge in [0.1, 0.15) is 0 Å². The lowest BCUT2D eigenvalue weighted by atomic mass is 10.3. The Hall–Kier alpha value is 0.250. The highest BCUT2D eigenvalue weighted by molar-refractivity contribution is 6.17. The first kappa shape index (κ1) is 6.25. The van der Waals surface area contributed by atoms with Crippen molar-refractivity contribution in [3.05, 3.63) is 6.92 Å². The van der Waals surface area contributed by atoms with Crippen LogP contribution in [0.4, 0.5) is 0 Å². The molecule has 0 bridgehead atoms. The van der Waals surface area contributed by atoms with E-state index in [0.717, 1.165) is 0 Å². The molecule has 0 aromatic carbocycles. The molecule has 2 heteroatoms. The van der Waals surface area contributed by atoms with Gasteiger partial charge >= 0.3 is 0 Å². The van der Waals surface area contributed by atoms with E-state index in [1.165, 1.54) is 0 Å². The number of aliphatic hydroxyl groups is 1. The van der Waals surface area contributed by atoms with Crippen LogP contribution in [0.5, 0.6) is 0 Å². The van der Waals surface area contributed by atoms with Gasteiger partial charge in [-0.2, -0.15) is 0 Å². The summed E-state index contributed by atoms with van der Waals surface area (Å²) in [4.78, 5) is 0. The number of rotatable bonds is 2. The molecule has 6 heavy (non-hydrogen) atoms. The van der Waals surface area contributed by atoms with E-state index in [-0.39, 0.29) is 0 Å². The molecule has 0 heterocycles. The summed E-state index contributed by atoms with van der Waals surface area (Å²) in [5.41, 5.74) is 0. The number of aliphatic hydroxyl groups excluding tert-OH is 1. The van der Waals surface area contributed by atoms with Gasteiger partial charge in [-0.15, -0.1) is 11.6 Å². The van der Waals surface area contributed by atoms with Crippen LogP contribution in [0.3, 0.4) is 0 Å². The predicted molar refractivity (Wildman–Crippen MR) is 26.7 cm³/mol. The van der Waals surface area contributed by atoms with Crippen LogP contribution < -0.4 is 0 Å². The van der Waals surface area contributed by atoms with Crippen molar-refractivity contribution in [2.45, 2.75) is 12.5 Å². The fraction of sp³-hybridized carbons (Fsp3) is 0.750. The first-order valence-corrected chi connectivity index (χ1v) is 2.38. The molecule has 1 unspecified atom stereocenters. The Kier molecular flexibility index (Phi) is 3.58. The maximum Gasteiger partial charge on any atom is 0.0552 e. The molecule has 1 N–H and O–H groups in total. The lowest BCUT2D eigenvalue weighted by Gasteiger charge is -1.94. The van der Waals surface area contributed by atoms with Crippen molar-refractivity contribution in [3.63, 3.8) is 0 Å². The molecule has 0 aliphatic rings. The zero-order chi connectivity index (χ0) is 4.99. The Morgan fingerprint density at radius 3 is 2.33 bits per heavy atom. The van der Waals surface area contributed by atoms with Crippen molar-refractivity contribution in [1.82, 2.24) is 0 Å². The van der Waals surface area contributed by atoms with Gasteiger partial charge < -0.3 is 5.11 Å². The molecule has 0 aromatic heterocycles. The van der Waals surface area contributed by atoms with E-state index in [2.05, 4.69) is 6.92 Å². The average molecular weight is 108 g/mol. The Bertz CT molecular complexity index is 28.7. The molecule has 0 aliphatic carbocycles. The van der Waals surface area contributed by atoms with Crippen molar-refractivity contribution in [3.8, 4) is 0 Å². The quantitative estimate of drug-likeness (QED) is 0.518. The molecule has 1 nitrogen and oxygen atoms in total. The number of alkyl halides is 1. The van der Waals surface area contributed by atoms with E-state index in [4.69, 9.17) is 16.7 Å². The fourth-order valence-electron chi connectivity index (χ4n) is 0.126. The highest BCUT2D eigenvalue weighted by atomic mass is 35.5. The van der Waals surface area contributed by atoms with Gasteiger partial charge in [0.25, 0.3) is 0 Å². The van der Waals surface area contributed by atoms with Crippen molar-refractivity contribution in [2.24, 2.45) is 0 Å². The topological polar surface area (TPSA) is 20.2 Å². The summed E-state index contributed by atoms with van der Waals surface area (Å²) in [6.45, 7) is 3.30. The zero-order valence-corrected chi connectivity index (χ0v) is 4.28. The summed E-state index contributed by atoms with van der Waals surface area (Å²) in [6.07, 6.45) is 0.101. The summed E-state index contributed by atoms with van der Waals surface area (Å²) in [6, 6.07) is 0. The van der Waals surface area contributed by atoms with Crippen LogP contribution in [0.2, 0.25) is 0 Å². The van der Waals surface area contributed by atoms with Crippen molar-refractivity contribution >= 4 is 11.6 Å². The molecule has 0 amide bonds. The van der Waals surface area contributed by atoms with Crippen LogP contribution in [0, 0.1) is 6.92 Å².